The summed E-state index contributed by atoms with van der Waals surface area (Å²) < 4.78 is 36.3. The topological polar surface area (TPSA) is 34.1 Å². The number of rotatable bonds is 3. The molecule has 0 spiro atoms. The lowest BCUT2D eigenvalue weighted by Gasteiger charge is -2.06. The number of hydrogen-bond donors (Lipinski definition) is 0. The summed E-state index contributed by atoms with van der Waals surface area (Å²) in [5.74, 6) is -3.09. The average molecular weight is 265 g/mol. The van der Waals surface area contributed by atoms with Gasteiger partial charge < -0.3 is 0 Å². The van der Waals surface area contributed by atoms with Gasteiger partial charge in [-0.25, -0.2) is 0 Å². The normalized spacial score (nSPS) is 11.5. The molecular weight excluding hydrogens is 257 g/mol. The molecule has 5 heteroatoms. The first kappa shape index (κ1) is 13.3. The number of carbonyl (C=O) groups excluding carboxylic acids is 2. The third-order valence-corrected chi connectivity index (χ3v) is 2.60. The second-order valence-corrected chi connectivity index (χ2v) is 3.90. The summed E-state index contributed by atoms with van der Waals surface area (Å²) in [7, 11) is 0. The molecule has 0 saturated heterocycles. The van der Waals surface area contributed by atoms with Gasteiger partial charge in [0.25, 0.3) is 0 Å². The quantitative estimate of drug-likeness (QED) is 0.630. The maximum Gasteiger partial charge on any atom is 0.450 e. The van der Waals surface area contributed by atoms with Crippen molar-refractivity contribution in [2.45, 2.75) is 6.18 Å². The van der Waals surface area contributed by atoms with Crippen LogP contribution in [0.3, 0.4) is 0 Å². The van der Waals surface area contributed by atoms with E-state index in [2.05, 4.69) is 0 Å². The van der Waals surface area contributed by atoms with E-state index in [4.69, 9.17) is 0 Å². The molecule has 0 bridgehead atoms. The van der Waals surface area contributed by atoms with Crippen LogP contribution in [-0.2, 0) is 4.79 Å². The summed E-state index contributed by atoms with van der Waals surface area (Å²) in [6, 6.07) is 11.5. The smallest absolute Gasteiger partial charge is 0.293 e. The monoisotopic (exact) mass is 265 g/mol. The zero-order valence-corrected chi connectivity index (χ0v) is 9.57. The molecule has 0 heterocycles. The first-order valence-electron chi connectivity index (χ1n) is 5.37. The molecule has 0 aliphatic heterocycles. The molecule has 0 unspecified atom stereocenters. The molecule has 0 aromatic heterocycles. The minimum absolute atomic E-state index is 0.0794. The predicted octanol–water partition coefficient (Wildman–Crippen LogP) is 3.36. The first-order valence-corrected chi connectivity index (χ1v) is 5.37. The summed E-state index contributed by atoms with van der Waals surface area (Å²) in [6.45, 7) is 0. The Labute approximate surface area is 106 Å². The Hall–Kier alpha value is -2.17. The number of alkyl halides is 3. The van der Waals surface area contributed by atoms with Crippen LogP contribution in [0.4, 0.5) is 13.2 Å². The van der Waals surface area contributed by atoms with E-state index in [1.165, 1.54) is 6.07 Å². The highest BCUT2D eigenvalue weighted by molar-refractivity contribution is 6.23. The number of benzene rings is 2. The Balaban J connectivity index is 2.35. The molecule has 0 amide bonds. The predicted molar refractivity (Wildman–Crippen MR) is 63.6 cm³/mol. The van der Waals surface area contributed by atoms with Crippen molar-refractivity contribution in [3.05, 3.63) is 54.4 Å². The molecule has 0 saturated carbocycles. The van der Waals surface area contributed by atoms with E-state index in [1.807, 2.05) is 0 Å². The van der Waals surface area contributed by atoms with Gasteiger partial charge in [0.2, 0.25) is 5.78 Å². The van der Waals surface area contributed by atoms with Crippen molar-refractivity contribution in [1.29, 1.82) is 0 Å². The summed E-state index contributed by atoms with van der Waals surface area (Å²) in [4.78, 5) is 22.5. The van der Waals surface area contributed by atoms with E-state index in [0.29, 0.717) is 5.39 Å². The minimum atomic E-state index is -5.03. The van der Waals surface area contributed by atoms with Gasteiger partial charge in [0.1, 0.15) is 6.42 Å². The Morgan fingerprint density at radius 3 is 2.26 bits per heavy atom. The zero-order valence-electron chi connectivity index (χ0n) is 9.57. The molecule has 1 radical (unpaired) electrons. The molecule has 0 aliphatic carbocycles. The van der Waals surface area contributed by atoms with Crippen molar-refractivity contribution in [2.75, 3.05) is 0 Å². The maximum absolute atomic E-state index is 12.1. The van der Waals surface area contributed by atoms with Crippen molar-refractivity contribution in [1.82, 2.24) is 0 Å². The van der Waals surface area contributed by atoms with E-state index in [-0.39, 0.29) is 12.0 Å². The fourth-order valence-corrected chi connectivity index (χ4v) is 1.72. The van der Waals surface area contributed by atoms with Crippen molar-refractivity contribution < 1.29 is 22.8 Å². The first-order chi connectivity index (χ1) is 8.89. The fourth-order valence-electron chi connectivity index (χ4n) is 1.72. The Morgan fingerprint density at radius 2 is 1.58 bits per heavy atom. The number of carbonyl (C=O) groups is 2. The average Bonchev–Trinajstić information content (AvgIpc) is 2.36. The van der Waals surface area contributed by atoms with Crippen LogP contribution in [-0.4, -0.2) is 17.7 Å². The van der Waals surface area contributed by atoms with E-state index < -0.39 is 17.7 Å². The third kappa shape index (κ3) is 2.81. The second kappa shape index (κ2) is 4.84. The van der Waals surface area contributed by atoms with E-state index >= 15 is 0 Å². The molecule has 19 heavy (non-hydrogen) atoms. The number of hydrogen-bond acceptors (Lipinski definition) is 2. The van der Waals surface area contributed by atoms with Gasteiger partial charge in [-0.2, -0.15) is 13.2 Å². The van der Waals surface area contributed by atoms with Crippen LogP contribution in [0.15, 0.2) is 42.5 Å². The highest BCUT2D eigenvalue weighted by Crippen LogP contribution is 2.22. The van der Waals surface area contributed by atoms with Crippen molar-refractivity contribution in [3.63, 3.8) is 0 Å². The lowest BCUT2D eigenvalue weighted by Crippen LogP contribution is -2.26. The Morgan fingerprint density at radius 1 is 0.947 bits per heavy atom. The molecule has 2 rings (SSSR count). The van der Waals surface area contributed by atoms with Crippen LogP contribution < -0.4 is 0 Å². The standard InChI is InChI=1S/C14H8F3O2/c15-14(16,17)13(19)8-12(18)11-7-3-5-9-4-1-2-6-10(9)11/h1-8H. The highest BCUT2D eigenvalue weighted by atomic mass is 19.4. The zero-order chi connectivity index (χ0) is 14.0. The molecule has 2 aromatic carbocycles. The van der Waals surface area contributed by atoms with Gasteiger partial charge >= 0.3 is 6.18 Å². The molecule has 0 N–H and O–H groups in total. The molecular formula is C14H8F3O2. The van der Waals surface area contributed by atoms with E-state index in [1.54, 1.807) is 36.4 Å². The molecule has 2 nitrogen and oxygen atoms in total. The van der Waals surface area contributed by atoms with Crippen LogP contribution >= 0.6 is 0 Å². The number of halogens is 3. The lowest BCUT2D eigenvalue weighted by atomic mass is 9.99. The lowest BCUT2D eigenvalue weighted by molar-refractivity contribution is -0.166. The SMILES string of the molecule is O=C([CH]C(=O)C(F)(F)F)c1cccc2ccccc12. The summed E-state index contributed by atoms with van der Waals surface area (Å²) in [6.07, 6.45) is -4.94. The van der Waals surface area contributed by atoms with Crippen molar-refractivity contribution in [3.8, 4) is 0 Å². The summed E-state index contributed by atoms with van der Waals surface area (Å²) >= 11 is 0. The summed E-state index contributed by atoms with van der Waals surface area (Å²) in [5.41, 5.74) is 0.0794. The van der Waals surface area contributed by atoms with E-state index in [0.717, 1.165) is 5.39 Å². The van der Waals surface area contributed by atoms with Gasteiger partial charge in [0.15, 0.2) is 5.78 Å². The number of ketones is 2. The summed E-state index contributed by atoms with van der Waals surface area (Å²) in [5, 5.41) is 1.24. The molecule has 0 atom stereocenters. The fraction of sp³-hybridized carbons (Fsp3) is 0.0714. The number of Topliss-reactive ketones (excluding diaryl/α,β-unsaturated/α-hetero) is 2. The van der Waals surface area contributed by atoms with Gasteiger partial charge in [-0.3, -0.25) is 9.59 Å². The van der Waals surface area contributed by atoms with Gasteiger partial charge in [-0.1, -0.05) is 42.5 Å². The second-order valence-electron chi connectivity index (χ2n) is 3.90. The molecule has 97 valence electrons. The van der Waals surface area contributed by atoms with Gasteiger partial charge in [0, 0.05) is 5.56 Å². The third-order valence-electron chi connectivity index (χ3n) is 2.60. The molecule has 0 fully saturated rings. The van der Waals surface area contributed by atoms with Crippen LogP contribution in [0.2, 0.25) is 0 Å². The van der Waals surface area contributed by atoms with Gasteiger partial charge in [0.05, 0.1) is 0 Å². The van der Waals surface area contributed by atoms with Gasteiger partial charge in [-0.15, -0.1) is 0 Å². The van der Waals surface area contributed by atoms with Crippen LogP contribution in [0.1, 0.15) is 10.4 Å². The highest BCUT2D eigenvalue weighted by Gasteiger charge is 2.39. The van der Waals surface area contributed by atoms with E-state index in [9.17, 15) is 22.8 Å². The van der Waals surface area contributed by atoms with Crippen LogP contribution in [0, 0.1) is 6.42 Å². The molecule has 0 aliphatic rings. The maximum atomic E-state index is 12.1. The van der Waals surface area contributed by atoms with Crippen LogP contribution in [0.5, 0.6) is 0 Å². The van der Waals surface area contributed by atoms with Crippen molar-refractivity contribution >= 4 is 22.3 Å². The van der Waals surface area contributed by atoms with Crippen molar-refractivity contribution in [2.24, 2.45) is 0 Å². The Bertz CT molecular complexity index is 639. The Kier molecular flexibility index (Phi) is 3.38. The largest absolute Gasteiger partial charge is 0.450 e. The minimum Gasteiger partial charge on any atom is -0.293 e. The molecule has 2 aromatic rings. The van der Waals surface area contributed by atoms with Gasteiger partial charge in [-0.05, 0) is 10.8 Å². The number of fused-ring (bicyclic) bond motifs is 1. The van der Waals surface area contributed by atoms with Crippen LogP contribution in [0.25, 0.3) is 10.8 Å².